The third-order valence-corrected chi connectivity index (χ3v) is 7.57. The number of carbonyl (C=O) groups excluding carboxylic acids is 2. The fourth-order valence-corrected chi connectivity index (χ4v) is 6.51. The molecular weight excluding hydrogens is 336 g/mol. The second kappa shape index (κ2) is 6.65. The smallest absolute Gasteiger partial charge is 0.245 e. The van der Waals surface area contributed by atoms with Crippen LogP contribution in [-0.2, 0) is 16.0 Å². The predicted molar refractivity (Wildman–Crippen MR) is 104 cm³/mol. The quantitative estimate of drug-likeness (QED) is 0.870. The van der Waals surface area contributed by atoms with Crippen molar-refractivity contribution < 1.29 is 9.59 Å². The number of carbonyl (C=O) groups is 2. The van der Waals surface area contributed by atoms with E-state index in [4.69, 9.17) is 0 Å². The van der Waals surface area contributed by atoms with Crippen molar-refractivity contribution in [1.29, 1.82) is 0 Å². The predicted octanol–water partition coefficient (Wildman–Crippen LogP) is 3.16. The molecule has 1 unspecified atom stereocenters. The maximum absolute atomic E-state index is 13.4. The van der Waals surface area contributed by atoms with Crippen molar-refractivity contribution in [1.82, 2.24) is 10.2 Å². The number of nitrogens with one attached hydrogen (secondary N) is 1. The van der Waals surface area contributed by atoms with E-state index in [0.29, 0.717) is 6.42 Å². The van der Waals surface area contributed by atoms with Crippen molar-refractivity contribution in [3.8, 4) is 0 Å². The van der Waals surface area contributed by atoms with Gasteiger partial charge in [0.25, 0.3) is 0 Å². The first-order valence-electron chi connectivity index (χ1n) is 10.7. The average Bonchev–Trinajstić information content (AvgIpc) is 2.59. The summed E-state index contributed by atoms with van der Waals surface area (Å²) < 4.78 is 0. The summed E-state index contributed by atoms with van der Waals surface area (Å²) in [5, 5.41) is 3.24. The fourth-order valence-electron chi connectivity index (χ4n) is 6.51. The van der Waals surface area contributed by atoms with Crippen LogP contribution < -0.4 is 5.32 Å². The normalized spacial score (nSPS) is 34.8. The Morgan fingerprint density at radius 2 is 1.59 bits per heavy atom. The van der Waals surface area contributed by atoms with Gasteiger partial charge in [-0.3, -0.25) is 9.59 Å². The molecule has 1 aromatic carbocycles. The van der Waals surface area contributed by atoms with Gasteiger partial charge in [-0.25, -0.2) is 0 Å². The molecule has 1 atom stereocenters. The van der Waals surface area contributed by atoms with Crippen LogP contribution in [0.25, 0.3) is 0 Å². The fraction of sp³-hybridized carbons (Fsp3) is 0.652. The zero-order valence-electron chi connectivity index (χ0n) is 16.0. The van der Waals surface area contributed by atoms with Crippen LogP contribution >= 0.6 is 0 Å². The highest BCUT2D eigenvalue weighted by Crippen LogP contribution is 2.60. The van der Waals surface area contributed by atoms with Gasteiger partial charge < -0.3 is 10.2 Å². The molecule has 4 aliphatic carbocycles. The first kappa shape index (κ1) is 17.3. The van der Waals surface area contributed by atoms with E-state index in [2.05, 4.69) is 5.32 Å². The Morgan fingerprint density at radius 3 is 2.11 bits per heavy atom. The van der Waals surface area contributed by atoms with Crippen LogP contribution in [0.2, 0.25) is 0 Å². The molecule has 4 nitrogen and oxygen atoms in total. The third-order valence-electron chi connectivity index (χ3n) is 7.57. The third kappa shape index (κ3) is 3.17. The number of amides is 2. The summed E-state index contributed by atoms with van der Waals surface area (Å²) in [5.41, 5.74) is 0.918. The standard InChI is InChI=1S/C23H30N2O2/c26-21(25-7-4-8-25)20(12-16-5-2-1-3-6-16)24-22(27)23-13-17-9-18(14-23)11-19(10-17)15-23/h1-3,5-6,17-20H,4,7-15H2,(H,24,27). The molecule has 0 spiro atoms. The highest BCUT2D eigenvalue weighted by atomic mass is 16.2. The van der Waals surface area contributed by atoms with Gasteiger partial charge in [0.15, 0.2) is 0 Å². The first-order valence-corrected chi connectivity index (χ1v) is 10.7. The molecule has 4 bridgehead atoms. The second-order valence-corrected chi connectivity index (χ2v) is 9.59. The average molecular weight is 367 g/mol. The first-order chi connectivity index (χ1) is 13.1. The Labute approximate surface area is 161 Å². The van der Waals surface area contributed by atoms with E-state index in [-0.39, 0.29) is 17.2 Å². The van der Waals surface area contributed by atoms with E-state index < -0.39 is 6.04 Å². The minimum absolute atomic E-state index is 0.100. The maximum atomic E-state index is 13.4. The topological polar surface area (TPSA) is 49.4 Å². The largest absolute Gasteiger partial charge is 0.343 e. The van der Waals surface area contributed by atoms with Crippen molar-refractivity contribution in [3.63, 3.8) is 0 Å². The zero-order chi connectivity index (χ0) is 18.4. The van der Waals surface area contributed by atoms with Crippen LogP contribution in [0, 0.1) is 23.2 Å². The molecule has 4 heteroatoms. The molecule has 4 saturated carbocycles. The van der Waals surface area contributed by atoms with Gasteiger partial charge in [-0.2, -0.15) is 0 Å². The number of nitrogens with zero attached hydrogens (tertiary/aromatic N) is 1. The number of benzene rings is 1. The van der Waals surface area contributed by atoms with Crippen LogP contribution in [0.3, 0.4) is 0 Å². The summed E-state index contributed by atoms with van der Waals surface area (Å²) >= 11 is 0. The Hall–Kier alpha value is -1.84. The van der Waals surface area contributed by atoms with Crippen LogP contribution in [0.15, 0.2) is 30.3 Å². The van der Waals surface area contributed by atoms with Gasteiger partial charge in [0.05, 0.1) is 0 Å². The number of hydrogen-bond acceptors (Lipinski definition) is 2. The van der Waals surface area contributed by atoms with E-state index in [9.17, 15) is 9.59 Å². The molecule has 0 radical (unpaired) electrons. The minimum atomic E-state index is -0.423. The molecule has 1 aliphatic heterocycles. The molecule has 0 aromatic heterocycles. The lowest BCUT2D eigenvalue weighted by Crippen LogP contribution is -2.59. The van der Waals surface area contributed by atoms with Crippen LogP contribution in [0.4, 0.5) is 0 Å². The summed E-state index contributed by atoms with van der Waals surface area (Å²) in [4.78, 5) is 28.3. The second-order valence-electron chi connectivity index (χ2n) is 9.59. The zero-order valence-corrected chi connectivity index (χ0v) is 16.0. The molecule has 6 rings (SSSR count). The molecule has 1 saturated heterocycles. The van der Waals surface area contributed by atoms with Gasteiger partial charge in [-0.15, -0.1) is 0 Å². The van der Waals surface area contributed by atoms with Crippen LogP contribution in [-0.4, -0.2) is 35.8 Å². The van der Waals surface area contributed by atoms with Crippen molar-refractivity contribution in [2.75, 3.05) is 13.1 Å². The monoisotopic (exact) mass is 366 g/mol. The molecular formula is C23H30N2O2. The molecule has 1 aromatic rings. The maximum Gasteiger partial charge on any atom is 0.245 e. The molecule has 2 amide bonds. The lowest BCUT2D eigenvalue weighted by atomic mass is 9.49. The molecule has 144 valence electrons. The Balaban J connectivity index is 1.34. The number of likely N-dealkylation sites (tertiary alicyclic amines) is 1. The summed E-state index contributed by atoms with van der Waals surface area (Å²) in [6.45, 7) is 1.66. The summed E-state index contributed by atoms with van der Waals surface area (Å²) in [6.07, 6.45) is 8.77. The minimum Gasteiger partial charge on any atom is -0.343 e. The molecule has 1 N–H and O–H groups in total. The Morgan fingerprint density at radius 1 is 1.00 bits per heavy atom. The van der Waals surface area contributed by atoms with E-state index in [1.807, 2.05) is 35.2 Å². The lowest BCUT2D eigenvalue weighted by Gasteiger charge is -2.55. The molecule has 1 heterocycles. The van der Waals surface area contributed by atoms with E-state index in [1.165, 1.54) is 19.3 Å². The van der Waals surface area contributed by atoms with Crippen molar-refractivity contribution in [2.24, 2.45) is 23.2 Å². The molecule has 27 heavy (non-hydrogen) atoms. The van der Waals surface area contributed by atoms with Crippen molar-refractivity contribution in [2.45, 2.75) is 57.4 Å². The van der Waals surface area contributed by atoms with Gasteiger partial charge in [-0.05, 0) is 68.3 Å². The molecule has 5 fully saturated rings. The summed E-state index contributed by atoms with van der Waals surface area (Å²) in [5.74, 6) is 2.47. The summed E-state index contributed by atoms with van der Waals surface area (Å²) in [6, 6.07) is 9.67. The van der Waals surface area contributed by atoms with Crippen molar-refractivity contribution in [3.05, 3.63) is 35.9 Å². The van der Waals surface area contributed by atoms with Gasteiger partial charge >= 0.3 is 0 Å². The van der Waals surface area contributed by atoms with E-state index >= 15 is 0 Å². The lowest BCUT2D eigenvalue weighted by molar-refractivity contribution is -0.150. The van der Waals surface area contributed by atoms with Crippen molar-refractivity contribution >= 4 is 11.8 Å². The van der Waals surface area contributed by atoms with Crippen LogP contribution in [0.1, 0.15) is 50.5 Å². The van der Waals surface area contributed by atoms with E-state index in [0.717, 1.165) is 62.1 Å². The van der Waals surface area contributed by atoms with Gasteiger partial charge in [0, 0.05) is 24.9 Å². The number of hydrogen-bond donors (Lipinski definition) is 1. The van der Waals surface area contributed by atoms with Gasteiger partial charge in [0.1, 0.15) is 6.04 Å². The van der Waals surface area contributed by atoms with Crippen LogP contribution in [0.5, 0.6) is 0 Å². The SMILES string of the molecule is O=C(C(Cc1ccccc1)NC(=O)C12CC3CC(CC(C3)C1)C2)N1CCC1. The highest BCUT2D eigenvalue weighted by molar-refractivity contribution is 5.91. The number of rotatable bonds is 5. The Bertz CT molecular complexity index is 690. The van der Waals surface area contributed by atoms with Gasteiger partial charge in [-0.1, -0.05) is 30.3 Å². The van der Waals surface area contributed by atoms with Gasteiger partial charge in [0.2, 0.25) is 11.8 Å². The molecule has 5 aliphatic rings. The Kier molecular flexibility index (Phi) is 4.25. The summed E-state index contributed by atoms with van der Waals surface area (Å²) in [7, 11) is 0. The highest BCUT2D eigenvalue weighted by Gasteiger charge is 2.55. The van der Waals surface area contributed by atoms with E-state index in [1.54, 1.807) is 0 Å².